The summed E-state index contributed by atoms with van der Waals surface area (Å²) in [6.45, 7) is 5.21. The van der Waals surface area contributed by atoms with E-state index in [2.05, 4.69) is 0 Å². The van der Waals surface area contributed by atoms with E-state index < -0.39 is 5.97 Å². The molecule has 1 saturated heterocycles. The van der Waals surface area contributed by atoms with Crippen molar-refractivity contribution in [3.8, 4) is 0 Å². The topological polar surface area (TPSA) is 57.6 Å². The maximum atomic E-state index is 12.4. The smallest absolute Gasteiger partial charge is 0.308 e. The third kappa shape index (κ3) is 2.31. The van der Waals surface area contributed by atoms with E-state index in [0.717, 1.165) is 25.8 Å². The van der Waals surface area contributed by atoms with Crippen molar-refractivity contribution in [2.75, 3.05) is 13.1 Å². The largest absolute Gasteiger partial charge is 0.481 e. The molecule has 1 N–H and O–H groups in total. The third-order valence-electron chi connectivity index (χ3n) is 4.28. The van der Waals surface area contributed by atoms with Gasteiger partial charge in [0.05, 0.1) is 5.92 Å². The Bertz CT molecular complexity index is 336. The third-order valence-corrected chi connectivity index (χ3v) is 4.28. The van der Waals surface area contributed by atoms with Gasteiger partial charge in [-0.15, -0.1) is 0 Å². The first kappa shape index (κ1) is 12.4. The van der Waals surface area contributed by atoms with Crippen molar-refractivity contribution in [2.24, 2.45) is 17.3 Å². The zero-order valence-electron chi connectivity index (χ0n) is 10.6. The molecule has 96 valence electrons. The van der Waals surface area contributed by atoms with Crippen LogP contribution in [0.1, 0.15) is 39.5 Å². The van der Waals surface area contributed by atoms with Crippen LogP contribution in [0.4, 0.5) is 0 Å². The molecule has 0 radical (unpaired) electrons. The van der Waals surface area contributed by atoms with E-state index >= 15 is 0 Å². The fourth-order valence-electron chi connectivity index (χ4n) is 2.90. The Morgan fingerprint density at radius 1 is 1.35 bits per heavy atom. The van der Waals surface area contributed by atoms with Crippen molar-refractivity contribution in [2.45, 2.75) is 39.5 Å². The molecule has 1 amide bonds. The lowest BCUT2D eigenvalue weighted by molar-refractivity contribution is -0.148. The van der Waals surface area contributed by atoms with Gasteiger partial charge in [-0.25, -0.2) is 0 Å². The highest BCUT2D eigenvalue weighted by Gasteiger charge is 2.51. The summed E-state index contributed by atoms with van der Waals surface area (Å²) >= 11 is 0. The zero-order valence-corrected chi connectivity index (χ0v) is 10.6. The fourth-order valence-corrected chi connectivity index (χ4v) is 2.90. The second kappa shape index (κ2) is 4.31. The lowest BCUT2D eigenvalue weighted by atomic mass is 9.89. The number of carboxylic acids is 1. The summed E-state index contributed by atoms with van der Waals surface area (Å²) in [4.78, 5) is 25.2. The number of piperidine rings is 1. The number of hydrogen-bond acceptors (Lipinski definition) is 2. The number of carboxylic acid groups (broad SMARTS) is 1. The highest BCUT2D eigenvalue weighted by Crippen LogP contribution is 2.50. The summed E-state index contributed by atoms with van der Waals surface area (Å²) in [7, 11) is 0. The number of amides is 1. The van der Waals surface area contributed by atoms with E-state index in [1.807, 2.05) is 13.8 Å². The lowest BCUT2D eigenvalue weighted by Crippen LogP contribution is -2.48. The normalized spacial score (nSPS) is 31.1. The molecule has 0 spiro atoms. The molecule has 2 fully saturated rings. The summed E-state index contributed by atoms with van der Waals surface area (Å²) in [6, 6.07) is 0. The van der Waals surface area contributed by atoms with Gasteiger partial charge < -0.3 is 10.0 Å². The van der Waals surface area contributed by atoms with E-state index in [0.29, 0.717) is 18.9 Å². The van der Waals surface area contributed by atoms with Crippen LogP contribution in [0.2, 0.25) is 0 Å². The number of carbonyl (C=O) groups excluding carboxylic acids is 1. The van der Waals surface area contributed by atoms with Gasteiger partial charge >= 0.3 is 5.97 Å². The van der Waals surface area contributed by atoms with E-state index in [9.17, 15) is 9.59 Å². The summed E-state index contributed by atoms with van der Waals surface area (Å²) in [6.07, 6.45) is 3.53. The van der Waals surface area contributed by atoms with Crippen LogP contribution in [0.15, 0.2) is 0 Å². The van der Waals surface area contributed by atoms with Gasteiger partial charge in [-0.2, -0.15) is 0 Å². The van der Waals surface area contributed by atoms with Crippen LogP contribution < -0.4 is 0 Å². The molecule has 2 rings (SSSR count). The highest BCUT2D eigenvalue weighted by atomic mass is 16.4. The standard InChI is InChI=1S/C13H21NO3/c1-3-13(4-5-13)12(17)14-7-9(2)6-10(8-14)11(15)16/h9-10H,3-8H2,1-2H3,(H,15,16). The Hall–Kier alpha value is -1.06. The predicted molar refractivity (Wildman–Crippen MR) is 63.4 cm³/mol. The molecule has 0 aromatic heterocycles. The van der Waals surface area contributed by atoms with Crippen molar-refractivity contribution in [1.29, 1.82) is 0 Å². The van der Waals surface area contributed by atoms with Gasteiger partial charge in [0.25, 0.3) is 0 Å². The van der Waals surface area contributed by atoms with Gasteiger partial charge in [0.1, 0.15) is 0 Å². The maximum absolute atomic E-state index is 12.4. The van der Waals surface area contributed by atoms with Gasteiger partial charge in [-0.1, -0.05) is 13.8 Å². The number of carbonyl (C=O) groups is 2. The minimum absolute atomic E-state index is 0.139. The Balaban J connectivity index is 2.05. The quantitative estimate of drug-likeness (QED) is 0.816. The molecule has 2 unspecified atom stereocenters. The van der Waals surface area contributed by atoms with Gasteiger partial charge in [-0.05, 0) is 31.6 Å². The molecule has 4 nitrogen and oxygen atoms in total. The lowest BCUT2D eigenvalue weighted by Gasteiger charge is -2.36. The minimum Gasteiger partial charge on any atom is -0.481 e. The molecular formula is C13H21NO3. The van der Waals surface area contributed by atoms with E-state index in [1.165, 1.54) is 0 Å². The molecule has 0 aromatic carbocycles. The van der Waals surface area contributed by atoms with Gasteiger partial charge in [0, 0.05) is 18.5 Å². The molecule has 17 heavy (non-hydrogen) atoms. The van der Waals surface area contributed by atoms with E-state index in [1.54, 1.807) is 4.90 Å². The van der Waals surface area contributed by atoms with Gasteiger partial charge in [0.15, 0.2) is 0 Å². The Kier molecular flexibility index (Phi) is 3.15. The molecule has 1 saturated carbocycles. The number of likely N-dealkylation sites (tertiary alicyclic amines) is 1. The monoisotopic (exact) mass is 239 g/mol. The summed E-state index contributed by atoms with van der Waals surface area (Å²) in [5.74, 6) is -0.662. The molecular weight excluding hydrogens is 218 g/mol. The number of nitrogens with zero attached hydrogens (tertiary/aromatic N) is 1. The molecule has 0 bridgehead atoms. The van der Waals surface area contributed by atoms with Crippen LogP contribution in [0, 0.1) is 17.3 Å². The SMILES string of the molecule is CCC1(C(=O)N2CC(C)CC(C(=O)O)C2)CC1. The Labute approximate surface area is 102 Å². The van der Waals surface area contributed by atoms with Crippen molar-refractivity contribution >= 4 is 11.9 Å². The molecule has 2 atom stereocenters. The number of aliphatic carboxylic acids is 1. The number of rotatable bonds is 3. The molecule has 0 aromatic rings. The maximum Gasteiger partial charge on any atom is 0.308 e. The first-order valence-electron chi connectivity index (χ1n) is 6.50. The van der Waals surface area contributed by atoms with Crippen LogP contribution in [0.3, 0.4) is 0 Å². The average molecular weight is 239 g/mol. The highest BCUT2D eigenvalue weighted by molar-refractivity contribution is 5.86. The first-order valence-corrected chi connectivity index (χ1v) is 6.50. The van der Waals surface area contributed by atoms with Crippen molar-refractivity contribution in [1.82, 2.24) is 4.90 Å². The van der Waals surface area contributed by atoms with Gasteiger partial charge in [-0.3, -0.25) is 9.59 Å². The second-order valence-corrected chi connectivity index (χ2v) is 5.72. The van der Waals surface area contributed by atoms with Crippen LogP contribution in [0.5, 0.6) is 0 Å². The summed E-state index contributed by atoms with van der Waals surface area (Å²) in [5, 5.41) is 9.09. The van der Waals surface area contributed by atoms with Crippen LogP contribution >= 0.6 is 0 Å². The molecule has 1 heterocycles. The van der Waals surface area contributed by atoms with Crippen molar-refractivity contribution < 1.29 is 14.7 Å². The van der Waals surface area contributed by atoms with Gasteiger partial charge in [0.2, 0.25) is 5.91 Å². The molecule has 4 heteroatoms. The van der Waals surface area contributed by atoms with Crippen LogP contribution in [-0.4, -0.2) is 35.0 Å². The summed E-state index contributed by atoms with van der Waals surface area (Å²) < 4.78 is 0. The summed E-state index contributed by atoms with van der Waals surface area (Å²) in [5.41, 5.74) is -0.139. The predicted octanol–water partition coefficient (Wildman–Crippen LogP) is 1.75. The van der Waals surface area contributed by atoms with E-state index in [4.69, 9.17) is 5.11 Å². The van der Waals surface area contributed by atoms with E-state index in [-0.39, 0.29) is 17.2 Å². The van der Waals surface area contributed by atoms with Crippen molar-refractivity contribution in [3.63, 3.8) is 0 Å². The van der Waals surface area contributed by atoms with Crippen LogP contribution in [-0.2, 0) is 9.59 Å². The fraction of sp³-hybridized carbons (Fsp3) is 0.846. The Morgan fingerprint density at radius 3 is 2.47 bits per heavy atom. The Morgan fingerprint density at radius 2 is 2.00 bits per heavy atom. The first-order chi connectivity index (χ1) is 7.98. The zero-order chi connectivity index (χ0) is 12.6. The average Bonchev–Trinajstić information content (AvgIpc) is 3.08. The molecule has 2 aliphatic rings. The van der Waals surface area contributed by atoms with Crippen LogP contribution in [0.25, 0.3) is 0 Å². The molecule has 1 aliphatic heterocycles. The number of hydrogen-bond donors (Lipinski definition) is 1. The molecule has 1 aliphatic carbocycles. The minimum atomic E-state index is -0.768. The second-order valence-electron chi connectivity index (χ2n) is 5.72. The van der Waals surface area contributed by atoms with Crippen molar-refractivity contribution in [3.05, 3.63) is 0 Å².